The van der Waals surface area contributed by atoms with E-state index >= 15 is 0 Å². The van der Waals surface area contributed by atoms with E-state index in [1.807, 2.05) is 12.1 Å². The third-order valence-corrected chi connectivity index (χ3v) is 11.2. The average Bonchev–Trinajstić information content (AvgIpc) is 3.64. The minimum Gasteiger partial charge on any atom is -0.456 e. The van der Waals surface area contributed by atoms with Crippen molar-refractivity contribution < 1.29 is 4.42 Å². The predicted octanol–water partition coefficient (Wildman–Crippen LogP) is 15.5. The molecule has 0 aliphatic rings. The minimum absolute atomic E-state index is 0.872. The van der Waals surface area contributed by atoms with Crippen molar-refractivity contribution in [2.75, 3.05) is 4.90 Å². The summed E-state index contributed by atoms with van der Waals surface area (Å²) in [7, 11) is 0. The molecule has 0 atom stereocenters. The van der Waals surface area contributed by atoms with Crippen molar-refractivity contribution in [1.82, 2.24) is 0 Å². The molecule has 0 aliphatic heterocycles. The first kappa shape index (κ1) is 32.0. The van der Waals surface area contributed by atoms with Crippen molar-refractivity contribution in [2.45, 2.75) is 0 Å². The highest BCUT2D eigenvalue weighted by Crippen LogP contribution is 2.41. The SMILES string of the molecule is c1ccc(-c2ccc3cccc(-c4ccc5cc(N(c6ccc(-c7cccc8ccccc78)cc6)c6ccc7c(c6)oc6ccccc67)ccc5c4)c3c2)cc1. The van der Waals surface area contributed by atoms with Crippen LogP contribution >= 0.6 is 0 Å². The number of benzene rings is 10. The van der Waals surface area contributed by atoms with Crippen LogP contribution in [-0.2, 0) is 0 Å². The van der Waals surface area contributed by atoms with Gasteiger partial charge in [0.05, 0.1) is 0 Å². The first-order valence-corrected chi connectivity index (χ1v) is 19.2. The van der Waals surface area contributed by atoms with Gasteiger partial charge in [0.1, 0.15) is 11.2 Å². The highest BCUT2D eigenvalue weighted by Gasteiger charge is 2.17. The zero-order valence-corrected chi connectivity index (χ0v) is 30.6. The second kappa shape index (κ2) is 13.2. The van der Waals surface area contributed by atoms with Gasteiger partial charge in [0.25, 0.3) is 0 Å². The van der Waals surface area contributed by atoms with Gasteiger partial charge >= 0.3 is 0 Å². The van der Waals surface area contributed by atoms with Gasteiger partial charge in [0.2, 0.25) is 0 Å². The molecule has 2 nitrogen and oxygen atoms in total. The Morgan fingerprint density at radius 3 is 1.70 bits per heavy atom. The molecular weight excluding hydrogens is 679 g/mol. The Hall–Kier alpha value is -7.42. The molecule has 0 fully saturated rings. The van der Waals surface area contributed by atoms with Crippen LogP contribution in [-0.4, -0.2) is 0 Å². The molecule has 0 saturated carbocycles. The molecule has 10 aromatic carbocycles. The summed E-state index contributed by atoms with van der Waals surface area (Å²) in [5, 5.41) is 9.61. The summed E-state index contributed by atoms with van der Waals surface area (Å²) in [4.78, 5) is 2.34. The Morgan fingerprint density at radius 1 is 0.268 bits per heavy atom. The van der Waals surface area contributed by atoms with Crippen LogP contribution in [0.2, 0.25) is 0 Å². The van der Waals surface area contributed by atoms with Gasteiger partial charge in [-0.15, -0.1) is 0 Å². The van der Waals surface area contributed by atoms with Crippen LogP contribution in [0, 0.1) is 0 Å². The van der Waals surface area contributed by atoms with Crippen molar-refractivity contribution >= 4 is 71.3 Å². The normalized spacial score (nSPS) is 11.6. The van der Waals surface area contributed by atoms with Crippen LogP contribution in [0.3, 0.4) is 0 Å². The van der Waals surface area contributed by atoms with Gasteiger partial charge in [-0.2, -0.15) is 0 Å². The molecule has 11 aromatic rings. The molecular formula is C54H35NO. The fraction of sp³-hybridized carbons (Fsp3) is 0. The largest absolute Gasteiger partial charge is 0.456 e. The quantitative estimate of drug-likeness (QED) is 0.171. The zero-order chi connectivity index (χ0) is 37.0. The molecule has 0 spiro atoms. The summed E-state index contributed by atoms with van der Waals surface area (Å²) < 4.78 is 6.39. The van der Waals surface area contributed by atoms with Gasteiger partial charge < -0.3 is 9.32 Å². The number of furan rings is 1. The lowest BCUT2D eigenvalue weighted by molar-refractivity contribution is 0.669. The van der Waals surface area contributed by atoms with Gasteiger partial charge in [0, 0.05) is 33.9 Å². The van der Waals surface area contributed by atoms with Gasteiger partial charge in [-0.25, -0.2) is 0 Å². The molecule has 0 saturated heterocycles. The highest BCUT2D eigenvalue weighted by atomic mass is 16.3. The van der Waals surface area contributed by atoms with Crippen LogP contribution in [0.25, 0.3) is 87.6 Å². The van der Waals surface area contributed by atoms with Crippen LogP contribution in [0.1, 0.15) is 0 Å². The van der Waals surface area contributed by atoms with E-state index in [2.05, 4.69) is 205 Å². The van der Waals surface area contributed by atoms with E-state index in [0.29, 0.717) is 0 Å². The first-order valence-electron chi connectivity index (χ1n) is 19.2. The molecule has 0 aliphatic carbocycles. The second-order valence-electron chi connectivity index (χ2n) is 14.5. The Labute approximate surface area is 325 Å². The summed E-state index contributed by atoms with van der Waals surface area (Å²) in [6.45, 7) is 0. The number of para-hydroxylation sites is 1. The zero-order valence-electron chi connectivity index (χ0n) is 30.6. The van der Waals surface area contributed by atoms with E-state index in [4.69, 9.17) is 4.42 Å². The fourth-order valence-electron chi connectivity index (χ4n) is 8.44. The van der Waals surface area contributed by atoms with E-state index in [1.54, 1.807) is 0 Å². The number of hydrogen-bond acceptors (Lipinski definition) is 2. The van der Waals surface area contributed by atoms with Crippen LogP contribution < -0.4 is 4.90 Å². The van der Waals surface area contributed by atoms with Crippen LogP contribution in [0.15, 0.2) is 217 Å². The Morgan fingerprint density at radius 2 is 0.839 bits per heavy atom. The lowest BCUT2D eigenvalue weighted by Crippen LogP contribution is -2.09. The molecule has 0 unspecified atom stereocenters. The van der Waals surface area contributed by atoms with E-state index < -0.39 is 0 Å². The number of rotatable bonds is 6. The second-order valence-corrected chi connectivity index (χ2v) is 14.5. The summed E-state index contributed by atoms with van der Waals surface area (Å²) in [6, 6.07) is 76.6. The predicted molar refractivity (Wildman–Crippen MR) is 237 cm³/mol. The van der Waals surface area contributed by atoms with E-state index in [9.17, 15) is 0 Å². The molecule has 0 bridgehead atoms. The molecule has 0 amide bonds. The lowest BCUT2D eigenvalue weighted by atomic mass is 9.93. The topological polar surface area (TPSA) is 16.4 Å². The van der Waals surface area contributed by atoms with E-state index in [1.165, 1.54) is 65.7 Å². The van der Waals surface area contributed by atoms with Crippen molar-refractivity contribution in [3.05, 3.63) is 212 Å². The van der Waals surface area contributed by atoms with E-state index in [-0.39, 0.29) is 0 Å². The standard InChI is InChI=1S/C54H35NO/c1-2-10-36(11-3-1)42-21-20-38-14-9-18-49(52(38)34-42)43-23-22-41-33-45(29-26-40(41)32-43)55(46-30-31-51-50-16-6-7-19-53(50)56-54(51)35-46)44-27-24-39(25-28-44)48-17-8-13-37-12-4-5-15-47(37)48/h1-35H. The summed E-state index contributed by atoms with van der Waals surface area (Å²) >= 11 is 0. The Kier molecular flexibility index (Phi) is 7.53. The number of nitrogens with zero attached hydrogens (tertiary/aromatic N) is 1. The fourth-order valence-corrected chi connectivity index (χ4v) is 8.44. The third-order valence-electron chi connectivity index (χ3n) is 11.2. The molecule has 0 N–H and O–H groups in total. The lowest BCUT2D eigenvalue weighted by Gasteiger charge is -2.26. The third kappa shape index (κ3) is 5.51. The molecule has 11 rings (SSSR count). The summed E-state index contributed by atoms with van der Waals surface area (Å²) in [5.41, 5.74) is 12.3. The van der Waals surface area contributed by atoms with Crippen molar-refractivity contribution in [3.63, 3.8) is 0 Å². The molecule has 1 aromatic heterocycles. The maximum atomic E-state index is 6.39. The molecule has 262 valence electrons. The maximum absolute atomic E-state index is 6.39. The molecule has 0 radical (unpaired) electrons. The van der Waals surface area contributed by atoms with Crippen LogP contribution in [0.5, 0.6) is 0 Å². The van der Waals surface area contributed by atoms with Gasteiger partial charge in [-0.05, 0) is 120 Å². The van der Waals surface area contributed by atoms with Gasteiger partial charge in [-0.1, -0.05) is 152 Å². The number of anilines is 3. The molecule has 56 heavy (non-hydrogen) atoms. The number of fused-ring (bicyclic) bond motifs is 6. The van der Waals surface area contributed by atoms with Crippen LogP contribution in [0.4, 0.5) is 17.1 Å². The van der Waals surface area contributed by atoms with Gasteiger partial charge in [0.15, 0.2) is 0 Å². The van der Waals surface area contributed by atoms with Crippen molar-refractivity contribution in [1.29, 1.82) is 0 Å². The summed E-state index contributed by atoms with van der Waals surface area (Å²) in [5.74, 6) is 0. The minimum atomic E-state index is 0.872. The van der Waals surface area contributed by atoms with Crippen molar-refractivity contribution in [2.24, 2.45) is 0 Å². The number of hydrogen-bond donors (Lipinski definition) is 0. The first-order chi connectivity index (χ1) is 27.7. The van der Waals surface area contributed by atoms with Crippen molar-refractivity contribution in [3.8, 4) is 33.4 Å². The smallest absolute Gasteiger partial charge is 0.137 e. The average molecular weight is 714 g/mol. The monoisotopic (exact) mass is 713 g/mol. The summed E-state index contributed by atoms with van der Waals surface area (Å²) in [6.07, 6.45) is 0. The van der Waals surface area contributed by atoms with E-state index in [0.717, 1.165) is 39.0 Å². The van der Waals surface area contributed by atoms with Gasteiger partial charge in [-0.3, -0.25) is 0 Å². The molecule has 1 heterocycles. The Bertz CT molecular complexity index is 3240. The maximum Gasteiger partial charge on any atom is 0.137 e. The highest BCUT2D eigenvalue weighted by molar-refractivity contribution is 6.07. The molecule has 2 heteroatoms. The Balaban J connectivity index is 1.02.